The number of nitrogens with two attached hydrogens (primary N) is 1. The molecule has 0 radical (unpaired) electrons. The molecule has 3 N–H and O–H groups in total. The van der Waals surface area contributed by atoms with Gasteiger partial charge in [0.25, 0.3) is 5.91 Å². The predicted molar refractivity (Wildman–Crippen MR) is 81.2 cm³/mol. The highest BCUT2D eigenvalue weighted by Gasteiger charge is 2.34. The van der Waals surface area contributed by atoms with Crippen LogP contribution in [0.3, 0.4) is 0 Å². The van der Waals surface area contributed by atoms with Crippen LogP contribution in [0.25, 0.3) is 0 Å². The average Bonchev–Trinajstić information content (AvgIpc) is 3.06. The van der Waals surface area contributed by atoms with Gasteiger partial charge in [-0.15, -0.1) is 0 Å². The number of nitrogens with one attached hydrogen (secondary N) is 1. The fraction of sp³-hybridized carbons (Fsp3) is 0.500. The van der Waals surface area contributed by atoms with Gasteiger partial charge >= 0.3 is 6.18 Å². The molecule has 1 amide bonds. The van der Waals surface area contributed by atoms with E-state index < -0.39 is 11.9 Å². The maximum atomic E-state index is 12.6. The minimum absolute atomic E-state index is 0.269. The van der Waals surface area contributed by atoms with E-state index in [1.165, 1.54) is 15.6 Å². The number of nitrogens with zero attached hydrogens (tertiary/aromatic N) is 4. The van der Waals surface area contributed by atoms with E-state index in [1.54, 1.807) is 6.92 Å². The largest absolute Gasteiger partial charge is 0.435 e. The molecule has 0 aliphatic heterocycles. The van der Waals surface area contributed by atoms with Gasteiger partial charge in [-0.05, 0) is 26.3 Å². The molecule has 2 aromatic rings. The summed E-state index contributed by atoms with van der Waals surface area (Å²) in [5.41, 5.74) is 5.79. The van der Waals surface area contributed by atoms with E-state index in [0.29, 0.717) is 18.7 Å². The van der Waals surface area contributed by atoms with Crippen LogP contribution in [0.4, 0.5) is 18.9 Å². The fourth-order valence-corrected chi connectivity index (χ4v) is 2.28. The van der Waals surface area contributed by atoms with Gasteiger partial charge in [-0.2, -0.15) is 23.4 Å². The zero-order valence-electron chi connectivity index (χ0n) is 13.4. The van der Waals surface area contributed by atoms with Gasteiger partial charge < -0.3 is 11.1 Å². The standard InChI is InChI=1S/C14H19F3N6O/c1-3-22-12(10(18)8-20-22)13(24)19-5-4-6-23-9(2)7-11(21-23)14(15,16)17/h7-8H,3-6,18H2,1-2H3,(H,19,24). The number of rotatable bonds is 6. The molecular formula is C14H19F3N6O. The lowest BCUT2D eigenvalue weighted by atomic mass is 10.3. The second-order valence-corrected chi connectivity index (χ2v) is 5.27. The molecule has 24 heavy (non-hydrogen) atoms. The normalized spacial score (nSPS) is 11.7. The lowest BCUT2D eigenvalue weighted by molar-refractivity contribution is -0.141. The quantitative estimate of drug-likeness (QED) is 0.782. The van der Waals surface area contributed by atoms with Crippen molar-refractivity contribution in [3.05, 3.63) is 29.3 Å². The first-order valence-electron chi connectivity index (χ1n) is 7.45. The number of carbonyl (C=O) groups excluding carboxylic acids is 1. The van der Waals surface area contributed by atoms with Crippen LogP contribution in [0, 0.1) is 6.92 Å². The molecule has 132 valence electrons. The zero-order chi connectivity index (χ0) is 17.9. The zero-order valence-corrected chi connectivity index (χ0v) is 13.4. The summed E-state index contributed by atoms with van der Waals surface area (Å²) in [6, 6.07) is 0.999. The molecule has 0 aromatic carbocycles. The third-order valence-electron chi connectivity index (χ3n) is 3.49. The van der Waals surface area contributed by atoms with E-state index in [-0.39, 0.29) is 30.4 Å². The highest BCUT2D eigenvalue weighted by molar-refractivity contribution is 5.97. The number of halogens is 3. The van der Waals surface area contributed by atoms with E-state index in [9.17, 15) is 18.0 Å². The third kappa shape index (κ3) is 3.87. The van der Waals surface area contributed by atoms with Crippen molar-refractivity contribution in [3.8, 4) is 0 Å². The molecule has 0 unspecified atom stereocenters. The Balaban J connectivity index is 1.88. The molecule has 0 saturated heterocycles. The molecule has 2 aromatic heterocycles. The maximum Gasteiger partial charge on any atom is 0.435 e. The number of anilines is 1. The second kappa shape index (κ2) is 6.93. The maximum absolute atomic E-state index is 12.6. The molecule has 0 atom stereocenters. The van der Waals surface area contributed by atoms with Crippen LogP contribution in [0.2, 0.25) is 0 Å². The summed E-state index contributed by atoms with van der Waals surface area (Å²) < 4.78 is 40.5. The first-order valence-corrected chi connectivity index (χ1v) is 7.45. The van der Waals surface area contributed by atoms with Crippen molar-refractivity contribution in [3.63, 3.8) is 0 Å². The molecular weight excluding hydrogens is 325 g/mol. The van der Waals surface area contributed by atoms with Gasteiger partial charge in [0.1, 0.15) is 5.69 Å². The molecule has 0 fully saturated rings. The van der Waals surface area contributed by atoms with Crippen molar-refractivity contribution in [1.29, 1.82) is 0 Å². The van der Waals surface area contributed by atoms with E-state index in [0.717, 1.165) is 6.07 Å². The molecule has 2 heterocycles. The Bertz CT molecular complexity index is 719. The number of aryl methyl sites for hydroxylation is 3. The van der Waals surface area contributed by atoms with Gasteiger partial charge in [-0.25, -0.2) is 0 Å². The van der Waals surface area contributed by atoms with Gasteiger partial charge in [-0.1, -0.05) is 0 Å². The van der Waals surface area contributed by atoms with Crippen molar-refractivity contribution < 1.29 is 18.0 Å². The van der Waals surface area contributed by atoms with Crippen molar-refractivity contribution in [1.82, 2.24) is 24.9 Å². The molecule has 0 aliphatic carbocycles. The minimum atomic E-state index is -4.46. The van der Waals surface area contributed by atoms with Crippen molar-refractivity contribution >= 4 is 11.6 Å². The van der Waals surface area contributed by atoms with E-state index in [4.69, 9.17) is 5.73 Å². The van der Waals surface area contributed by atoms with Gasteiger partial charge in [-0.3, -0.25) is 14.2 Å². The summed E-state index contributed by atoms with van der Waals surface area (Å²) in [5.74, 6) is -0.361. The van der Waals surface area contributed by atoms with Crippen LogP contribution in [-0.4, -0.2) is 32.0 Å². The van der Waals surface area contributed by atoms with Crippen molar-refractivity contribution in [2.24, 2.45) is 0 Å². The van der Waals surface area contributed by atoms with Gasteiger partial charge in [0.05, 0.1) is 11.9 Å². The molecule has 7 nitrogen and oxygen atoms in total. The first kappa shape index (κ1) is 17.8. The minimum Gasteiger partial charge on any atom is -0.396 e. The van der Waals surface area contributed by atoms with Crippen LogP contribution in [0.5, 0.6) is 0 Å². The summed E-state index contributed by atoms with van der Waals surface area (Å²) in [6.07, 6.45) is -2.61. The lowest BCUT2D eigenvalue weighted by Gasteiger charge is -2.08. The Morgan fingerprint density at radius 1 is 1.38 bits per heavy atom. The molecule has 10 heteroatoms. The van der Waals surface area contributed by atoms with Crippen LogP contribution < -0.4 is 11.1 Å². The van der Waals surface area contributed by atoms with E-state index in [2.05, 4.69) is 15.5 Å². The summed E-state index contributed by atoms with van der Waals surface area (Å²) in [4.78, 5) is 12.1. The Labute approximate surface area is 136 Å². The topological polar surface area (TPSA) is 90.8 Å². The van der Waals surface area contributed by atoms with Crippen molar-refractivity contribution in [2.45, 2.75) is 39.5 Å². The molecule has 0 bridgehead atoms. The highest BCUT2D eigenvalue weighted by atomic mass is 19.4. The number of hydrogen-bond acceptors (Lipinski definition) is 4. The molecule has 0 saturated carbocycles. The Morgan fingerprint density at radius 2 is 2.08 bits per heavy atom. The lowest BCUT2D eigenvalue weighted by Crippen LogP contribution is -2.28. The van der Waals surface area contributed by atoms with Crippen LogP contribution in [0.15, 0.2) is 12.3 Å². The van der Waals surface area contributed by atoms with Gasteiger partial charge in [0.15, 0.2) is 5.69 Å². The van der Waals surface area contributed by atoms with Crippen LogP contribution in [-0.2, 0) is 19.3 Å². The van der Waals surface area contributed by atoms with Crippen LogP contribution in [0.1, 0.15) is 35.2 Å². The smallest absolute Gasteiger partial charge is 0.396 e. The highest BCUT2D eigenvalue weighted by Crippen LogP contribution is 2.28. The number of nitrogen functional groups attached to an aromatic ring is 1. The van der Waals surface area contributed by atoms with Gasteiger partial charge in [0.2, 0.25) is 0 Å². The predicted octanol–water partition coefficient (Wildman–Crippen LogP) is 1.83. The summed E-state index contributed by atoms with van der Waals surface area (Å²) >= 11 is 0. The number of amides is 1. The molecule has 2 rings (SSSR count). The second-order valence-electron chi connectivity index (χ2n) is 5.27. The summed E-state index contributed by atoms with van der Waals surface area (Å²) in [6.45, 7) is 4.45. The Kier molecular flexibility index (Phi) is 5.15. The van der Waals surface area contributed by atoms with Crippen LogP contribution >= 0.6 is 0 Å². The van der Waals surface area contributed by atoms with E-state index in [1.807, 2.05) is 6.92 Å². The van der Waals surface area contributed by atoms with Crippen molar-refractivity contribution in [2.75, 3.05) is 12.3 Å². The number of carbonyl (C=O) groups is 1. The molecule has 0 aliphatic rings. The fourth-order valence-electron chi connectivity index (χ4n) is 2.28. The average molecular weight is 344 g/mol. The third-order valence-corrected chi connectivity index (χ3v) is 3.49. The summed E-state index contributed by atoms with van der Waals surface area (Å²) in [5, 5.41) is 10.2. The number of aromatic nitrogens is 4. The Hall–Kier alpha value is -2.52. The Morgan fingerprint density at radius 3 is 2.67 bits per heavy atom. The SMILES string of the molecule is CCn1ncc(N)c1C(=O)NCCCn1nc(C(F)(F)F)cc1C. The number of alkyl halides is 3. The molecule has 0 spiro atoms. The number of hydrogen-bond donors (Lipinski definition) is 2. The first-order chi connectivity index (χ1) is 11.2. The summed E-state index contributed by atoms with van der Waals surface area (Å²) in [7, 11) is 0. The van der Waals surface area contributed by atoms with E-state index >= 15 is 0 Å². The van der Waals surface area contributed by atoms with Gasteiger partial charge in [0, 0.05) is 25.3 Å². The monoisotopic (exact) mass is 344 g/mol.